The maximum atomic E-state index is 14.0. The van der Waals surface area contributed by atoms with E-state index in [0.29, 0.717) is 4.96 Å². The molecular weight excluding hydrogens is 325 g/mol. The largest absolute Gasteiger partial charge is 0.269 e. The molecule has 0 atom stereocenters. The molecule has 0 amide bonds. The lowest BCUT2D eigenvalue weighted by Crippen LogP contribution is -2.12. The Morgan fingerprint density at radius 1 is 1.04 bits per heavy atom. The van der Waals surface area contributed by atoms with Gasteiger partial charge in [-0.3, -0.25) is 4.79 Å². The van der Waals surface area contributed by atoms with Gasteiger partial charge in [0.1, 0.15) is 5.82 Å². The monoisotopic (exact) mass is 337 g/mol. The van der Waals surface area contributed by atoms with Crippen LogP contribution in [0.25, 0.3) is 26.8 Å². The van der Waals surface area contributed by atoms with Gasteiger partial charge < -0.3 is 0 Å². The van der Waals surface area contributed by atoms with Gasteiger partial charge in [-0.15, -0.1) is 10.2 Å². The molecule has 2 aromatic carbocycles. The van der Waals surface area contributed by atoms with Crippen LogP contribution in [0.2, 0.25) is 0 Å². The highest BCUT2D eigenvalue weighted by molar-refractivity contribution is 7.19. The molecule has 0 saturated heterocycles. The molecule has 0 bridgehead atoms. The number of aryl methyl sites for hydroxylation is 1. The van der Waals surface area contributed by atoms with Gasteiger partial charge in [0.25, 0.3) is 5.56 Å². The molecule has 2 heterocycles. The molecule has 24 heavy (non-hydrogen) atoms. The van der Waals surface area contributed by atoms with Crippen LogP contribution in [0.5, 0.6) is 0 Å². The summed E-state index contributed by atoms with van der Waals surface area (Å²) in [6.07, 6.45) is 0. The molecule has 118 valence electrons. The molecule has 0 unspecified atom stereocenters. The zero-order valence-corrected chi connectivity index (χ0v) is 13.5. The summed E-state index contributed by atoms with van der Waals surface area (Å²) in [6, 6.07) is 15.7. The highest BCUT2D eigenvalue weighted by atomic mass is 32.1. The summed E-state index contributed by atoms with van der Waals surface area (Å²) in [5.41, 5.74) is 2.08. The minimum Gasteiger partial charge on any atom is -0.269 e. The van der Waals surface area contributed by atoms with Crippen molar-refractivity contribution in [2.24, 2.45) is 0 Å². The summed E-state index contributed by atoms with van der Waals surface area (Å²) in [6.45, 7) is 2.01. The second kappa shape index (κ2) is 5.65. The van der Waals surface area contributed by atoms with Gasteiger partial charge in [-0.05, 0) is 24.6 Å². The van der Waals surface area contributed by atoms with E-state index in [1.54, 1.807) is 18.2 Å². The number of fused-ring (bicyclic) bond motifs is 1. The van der Waals surface area contributed by atoms with Gasteiger partial charge in [-0.2, -0.15) is 0 Å². The first-order valence-electron chi connectivity index (χ1n) is 7.35. The van der Waals surface area contributed by atoms with E-state index >= 15 is 0 Å². The number of hydrogen-bond acceptors (Lipinski definition) is 4. The van der Waals surface area contributed by atoms with Crippen molar-refractivity contribution < 1.29 is 4.39 Å². The van der Waals surface area contributed by atoms with Gasteiger partial charge in [0.15, 0.2) is 5.82 Å². The van der Waals surface area contributed by atoms with Crippen LogP contribution < -0.4 is 5.56 Å². The third-order valence-corrected chi connectivity index (χ3v) is 4.78. The van der Waals surface area contributed by atoms with Crippen molar-refractivity contribution in [3.05, 3.63) is 76.3 Å². The summed E-state index contributed by atoms with van der Waals surface area (Å²) >= 11 is 1.35. The zero-order chi connectivity index (χ0) is 16.7. The SMILES string of the molecule is Cc1ccc(-c2cc(=O)n3c(-c4ccccc4F)nnc3s2)cc1. The topological polar surface area (TPSA) is 47.3 Å². The van der Waals surface area contributed by atoms with E-state index in [0.717, 1.165) is 16.0 Å². The fourth-order valence-corrected chi connectivity index (χ4v) is 3.48. The molecule has 0 aliphatic rings. The van der Waals surface area contributed by atoms with E-state index in [9.17, 15) is 9.18 Å². The van der Waals surface area contributed by atoms with E-state index in [-0.39, 0.29) is 16.9 Å². The highest BCUT2D eigenvalue weighted by Crippen LogP contribution is 2.27. The van der Waals surface area contributed by atoms with E-state index < -0.39 is 5.82 Å². The van der Waals surface area contributed by atoms with Gasteiger partial charge in [0, 0.05) is 10.9 Å². The number of aromatic nitrogens is 3. The Hall–Kier alpha value is -2.86. The standard InChI is InChI=1S/C18H12FN3OS/c1-11-6-8-12(9-7-11)15-10-16(23)22-17(20-21-18(22)24-15)13-4-2-3-5-14(13)19/h2-10H,1H3. The minimum absolute atomic E-state index is 0.222. The molecule has 0 spiro atoms. The fraction of sp³-hybridized carbons (Fsp3) is 0.0556. The molecule has 2 aromatic heterocycles. The lowest BCUT2D eigenvalue weighted by molar-refractivity contribution is 0.629. The van der Waals surface area contributed by atoms with Gasteiger partial charge in [-0.1, -0.05) is 53.3 Å². The third kappa shape index (κ3) is 2.41. The van der Waals surface area contributed by atoms with Crippen LogP contribution in [0.3, 0.4) is 0 Å². The summed E-state index contributed by atoms with van der Waals surface area (Å²) in [5.74, 6) is -0.210. The van der Waals surface area contributed by atoms with Crippen molar-refractivity contribution in [2.75, 3.05) is 0 Å². The van der Waals surface area contributed by atoms with Crippen molar-refractivity contribution in [1.82, 2.24) is 14.6 Å². The second-order valence-electron chi connectivity index (χ2n) is 5.44. The van der Waals surface area contributed by atoms with E-state index in [1.165, 1.54) is 27.9 Å². The summed E-state index contributed by atoms with van der Waals surface area (Å²) < 4.78 is 15.4. The number of halogens is 1. The van der Waals surface area contributed by atoms with Gasteiger partial charge >= 0.3 is 0 Å². The van der Waals surface area contributed by atoms with Crippen molar-refractivity contribution >= 4 is 16.3 Å². The van der Waals surface area contributed by atoms with Gasteiger partial charge in [0.2, 0.25) is 4.96 Å². The highest BCUT2D eigenvalue weighted by Gasteiger charge is 2.15. The molecule has 0 N–H and O–H groups in total. The zero-order valence-electron chi connectivity index (χ0n) is 12.7. The van der Waals surface area contributed by atoms with Crippen LogP contribution >= 0.6 is 11.3 Å². The van der Waals surface area contributed by atoms with Crippen LogP contribution in [0.1, 0.15) is 5.56 Å². The van der Waals surface area contributed by atoms with Crippen LogP contribution in [-0.4, -0.2) is 14.6 Å². The number of benzene rings is 2. The van der Waals surface area contributed by atoms with Crippen LogP contribution in [0.4, 0.5) is 4.39 Å². The van der Waals surface area contributed by atoms with Crippen LogP contribution in [-0.2, 0) is 0 Å². The Bertz CT molecular complexity index is 1100. The first-order valence-corrected chi connectivity index (χ1v) is 8.16. The average molecular weight is 337 g/mol. The normalized spacial score (nSPS) is 11.1. The molecule has 6 heteroatoms. The van der Waals surface area contributed by atoms with Crippen molar-refractivity contribution in [1.29, 1.82) is 0 Å². The molecule has 0 aliphatic carbocycles. The first kappa shape index (κ1) is 14.7. The Kier molecular flexibility index (Phi) is 3.46. The number of nitrogens with zero attached hydrogens (tertiary/aromatic N) is 3. The Morgan fingerprint density at radius 2 is 1.79 bits per heavy atom. The van der Waals surface area contributed by atoms with E-state index in [1.807, 2.05) is 31.2 Å². The summed E-state index contributed by atoms with van der Waals surface area (Å²) in [7, 11) is 0. The van der Waals surface area contributed by atoms with Crippen molar-refractivity contribution in [3.63, 3.8) is 0 Å². The number of rotatable bonds is 2. The van der Waals surface area contributed by atoms with Crippen LogP contribution in [0, 0.1) is 12.7 Å². The Balaban J connectivity index is 1.92. The molecule has 0 fully saturated rings. The smallest absolute Gasteiger partial charge is 0.260 e. The summed E-state index contributed by atoms with van der Waals surface area (Å²) in [4.78, 5) is 13.8. The molecule has 4 nitrogen and oxygen atoms in total. The third-order valence-electron chi connectivity index (χ3n) is 3.76. The van der Waals surface area contributed by atoms with E-state index in [4.69, 9.17) is 0 Å². The average Bonchev–Trinajstić information content (AvgIpc) is 3.00. The predicted octanol–water partition coefficient (Wildman–Crippen LogP) is 3.93. The van der Waals surface area contributed by atoms with Crippen LogP contribution in [0.15, 0.2) is 59.4 Å². The van der Waals surface area contributed by atoms with Crippen molar-refractivity contribution in [2.45, 2.75) is 6.92 Å². The van der Waals surface area contributed by atoms with Gasteiger partial charge in [0.05, 0.1) is 5.56 Å². The molecule has 4 aromatic rings. The number of hydrogen-bond donors (Lipinski definition) is 0. The Labute approximate surface area is 140 Å². The summed E-state index contributed by atoms with van der Waals surface area (Å²) in [5, 5.41) is 8.09. The van der Waals surface area contributed by atoms with E-state index in [2.05, 4.69) is 10.2 Å². The fourth-order valence-electron chi connectivity index (χ4n) is 2.52. The maximum absolute atomic E-state index is 14.0. The molecule has 0 aliphatic heterocycles. The molecular formula is C18H12FN3OS. The maximum Gasteiger partial charge on any atom is 0.260 e. The molecule has 0 radical (unpaired) electrons. The minimum atomic E-state index is -0.432. The first-order chi connectivity index (χ1) is 11.6. The second-order valence-corrected chi connectivity index (χ2v) is 6.45. The molecule has 4 rings (SSSR count). The molecule has 0 saturated carbocycles. The van der Waals surface area contributed by atoms with Gasteiger partial charge in [-0.25, -0.2) is 8.79 Å². The Morgan fingerprint density at radius 3 is 2.54 bits per heavy atom. The predicted molar refractivity (Wildman–Crippen MR) is 92.7 cm³/mol. The lowest BCUT2D eigenvalue weighted by atomic mass is 10.1. The quantitative estimate of drug-likeness (QED) is 0.557. The lowest BCUT2D eigenvalue weighted by Gasteiger charge is -2.03. The van der Waals surface area contributed by atoms with Crippen molar-refractivity contribution in [3.8, 4) is 21.8 Å².